The molecule has 37 heavy (non-hydrogen) atoms. The Morgan fingerprint density at radius 2 is 1.41 bits per heavy atom. The molecule has 0 saturated heterocycles. The lowest BCUT2D eigenvalue weighted by molar-refractivity contribution is -0.274. The van der Waals surface area contributed by atoms with Crippen LogP contribution in [0.5, 0.6) is 23.0 Å². The van der Waals surface area contributed by atoms with Crippen molar-refractivity contribution in [3.63, 3.8) is 0 Å². The number of anilines is 1. The first-order chi connectivity index (χ1) is 17.6. The molecule has 0 radical (unpaired) electrons. The second-order valence-corrected chi connectivity index (χ2v) is 7.33. The van der Waals surface area contributed by atoms with Crippen LogP contribution in [0.15, 0.2) is 72.4 Å². The predicted octanol–water partition coefficient (Wildman–Crippen LogP) is 5.02. The van der Waals surface area contributed by atoms with Crippen molar-refractivity contribution in [2.75, 3.05) is 26.6 Å². The highest BCUT2D eigenvalue weighted by Crippen LogP contribution is 2.38. The van der Waals surface area contributed by atoms with Gasteiger partial charge in [-0.15, -0.1) is 13.2 Å². The molecule has 0 aromatic heterocycles. The first-order valence-corrected chi connectivity index (χ1v) is 10.7. The first kappa shape index (κ1) is 26.9. The maximum Gasteiger partial charge on any atom is 0.573 e. The summed E-state index contributed by atoms with van der Waals surface area (Å²) in [5.41, 5.74) is 0.0965. The van der Waals surface area contributed by atoms with Crippen LogP contribution in [0.4, 0.5) is 18.9 Å². The summed E-state index contributed by atoms with van der Waals surface area (Å²) in [4.78, 5) is 26.0. The number of benzene rings is 3. The lowest BCUT2D eigenvalue weighted by atomic mass is 10.1. The van der Waals surface area contributed by atoms with Crippen LogP contribution in [0.3, 0.4) is 0 Å². The van der Waals surface area contributed by atoms with Crippen LogP contribution in [0.2, 0.25) is 0 Å². The third-order valence-electron chi connectivity index (χ3n) is 4.89. The van der Waals surface area contributed by atoms with Gasteiger partial charge in [-0.2, -0.15) is 0 Å². The molecule has 0 aliphatic carbocycles. The zero-order valence-electron chi connectivity index (χ0n) is 20.0. The van der Waals surface area contributed by atoms with Gasteiger partial charge in [0.2, 0.25) is 5.75 Å². The van der Waals surface area contributed by atoms with E-state index in [1.54, 1.807) is 18.2 Å². The smallest absolute Gasteiger partial charge is 0.493 e. The van der Waals surface area contributed by atoms with Gasteiger partial charge < -0.3 is 29.6 Å². The van der Waals surface area contributed by atoms with E-state index in [0.29, 0.717) is 11.3 Å². The van der Waals surface area contributed by atoms with Gasteiger partial charge in [0, 0.05) is 5.56 Å². The summed E-state index contributed by atoms with van der Waals surface area (Å²) in [6.07, 6.45) is -3.66. The summed E-state index contributed by atoms with van der Waals surface area (Å²) < 4.78 is 58.4. The molecule has 0 atom stereocenters. The third-order valence-corrected chi connectivity index (χ3v) is 4.89. The highest BCUT2D eigenvalue weighted by Gasteiger charge is 2.32. The number of carbonyl (C=O) groups excluding carboxylic acids is 2. The number of nitrogens with one attached hydrogen (secondary N) is 2. The van der Waals surface area contributed by atoms with E-state index < -0.39 is 23.9 Å². The molecule has 0 fully saturated rings. The molecule has 0 unspecified atom stereocenters. The molecule has 3 aromatic carbocycles. The number of hydrogen-bond donors (Lipinski definition) is 2. The number of hydrogen-bond acceptors (Lipinski definition) is 6. The molecule has 0 heterocycles. The molecule has 3 rings (SSSR count). The fourth-order valence-electron chi connectivity index (χ4n) is 3.27. The number of amides is 2. The van der Waals surface area contributed by atoms with E-state index in [1.165, 1.54) is 69.9 Å². The molecule has 0 saturated carbocycles. The van der Waals surface area contributed by atoms with Crippen molar-refractivity contribution in [2.24, 2.45) is 0 Å². The van der Waals surface area contributed by atoms with Gasteiger partial charge in [-0.1, -0.05) is 30.3 Å². The molecular formula is C26H23F3N2O6. The molecule has 0 bridgehead atoms. The Balaban J connectivity index is 2.03. The summed E-state index contributed by atoms with van der Waals surface area (Å²) in [6, 6.07) is 16.2. The van der Waals surface area contributed by atoms with Crippen LogP contribution in [-0.2, 0) is 4.79 Å². The van der Waals surface area contributed by atoms with Crippen molar-refractivity contribution in [3.05, 3.63) is 83.6 Å². The number of para-hydroxylation sites is 2. The fourth-order valence-corrected chi connectivity index (χ4v) is 3.27. The molecule has 0 spiro atoms. The Hall–Kier alpha value is -4.67. The minimum absolute atomic E-state index is 0.255. The Morgan fingerprint density at radius 3 is 1.97 bits per heavy atom. The van der Waals surface area contributed by atoms with E-state index in [-0.39, 0.29) is 28.4 Å². The molecule has 2 amide bonds. The number of carbonyl (C=O) groups is 2. The van der Waals surface area contributed by atoms with Gasteiger partial charge in [0.1, 0.15) is 5.70 Å². The standard InChI is InChI=1S/C26H23F3N2O6/c1-34-21-14-16(15-22(35-2)23(21)36-3)13-19(31-24(32)17-9-5-4-6-10-17)25(33)30-18-11-7-8-12-20(18)37-26(27,28)29/h4-15H,1-3H3,(H,30,33)(H,31,32)/b19-13-. The maximum absolute atomic E-state index is 13.2. The molecule has 0 aliphatic heterocycles. The minimum atomic E-state index is -4.97. The largest absolute Gasteiger partial charge is 0.573 e. The van der Waals surface area contributed by atoms with Gasteiger partial charge in [0.05, 0.1) is 27.0 Å². The first-order valence-electron chi connectivity index (χ1n) is 10.7. The van der Waals surface area contributed by atoms with Crippen LogP contribution in [0.1, 0.15) is 15.9 Å². The molecule has 194 valence electrons. The molecule has 2 N–H and O–H groups in total. The predicted molar refractivity (Wildman–Crippen MR) is 130 cm³/mol. The van der Waals surface area contributed by atoms with Crippen molar-refractivity contribution in [3.8, 4) is 23.0 Å². The van der Waals surface area contributed by atoms with Crippen molar-refractivity contribution in [1.29, 1.82) is 0 Å². The average molecular weight is 516 g/mol. The van der Waals surface area contributed by atoms with Crippen LogP contribution in [0, 0.1) is 0 Å². The highest BCUT2D eigenvalue weighted by molar-refractivity contribution is 6.11. The monoisotopic (exact) mass is 516 g/mol. The van der Waals surface area contributed by atoms with E-state index in [0.717, 1.165) is 6.07 Å². The minimum Gasteiger partial charge on any atom is -0.493 e. The summed E-state index contributed by atoms with van der Waals surface area (Å²) >= 11 is 0. The van der Waals surface area contributed by atoms with Gasteiger partial charge in [0.25, 0.3) is 11.8 Å². The van der Waals surface area contributed by atoms with Gasteiger partial charge in [0.15, 0.2) is 17.2 Å². The van der Waals surface area contributed by atoms with Crippen LogP contribution in [0.25, 0.3) is 6.08 Å². The zero-order valence-corrected chi connectivity index (χ0v) is 20.0. The fraction of sp³-hybridized carbons (Fsp3) is 0.154. The number of halogens is 3. The highest BCUT2D eigenvalue weighted by atomic mass is 19.4. The summed E-state index contributed by atoms with van der Waals surface area (Å²) in [6.45, 7) is 0. The number of ether oxygens (including phenoxy) is 4. The normalized spacial score (nSPS) is 11.4. The number of rotatable bonds is 9. The van der Waals surface area contributed by atoms with Crippen LogP contribution >= 0.6 is 0 Å². The van der Waals surface area contributed by atoms with Gasteiger partial charge in [-0.3, -0.25) is 9.59 Å². The SMILES string of the molecule is COc1cc(/C=C(\NC(=O)c2ccccc2)C(=O)Nc2ccccc2OC(F)(F)F)cc(OC)c1OC. The molecule has 3 aromatic rings. The lowest BCUT2D eigenvalue weighted by Gasteiger charge is -2.16. The molecular weight excluding hydrogens is 493 g/mol. The van der Waals surface area contributed by atoms with E-state index in [4.69, 9.17) is 14.2 Å². The quantitative estimate of drug-likeness (QED) is 0.388. The van der Waals surface area contributed by atoms with Gasteiger partial charge >= 0.3 is 6.36 Å². The van der Waals surface area contributed by atoms with Crippen molar-refractivity contribution >= 4 is 23.6 Å². The average Bonchev–Trinajstić information content (AvgIpc) is 2.88. The number of methoxy groups -OCH3 is 3. The zero-order chi connectivity index (χ0) is 27.0. The number of alkyl halides is 3. The Labute approximate surface area is 210 Å². The Kier molecular flexibility index (Phi) is 8.62. The Morgan fingerprint density at radius 1 is 0.811 bits per heavy atom. The molecule has 11 heteroatoms. The maximum atomic E-state index is 13.2. The van der Waals surface area contributed by atoms with Crippen molar-refractivity contribution in [2.45, 2.75) is 6.36 Å². The van der Waals surface area contributed by atoms with Crippen LogP contribution in [-0.4, -0.2) is 39.5 Å². The second kappa shape index (κ2) is 11.8. The molecule has 8 nitrogen and oxygen atoms in total. The lowest BCUT2D eigenvalue weighted by Crippen LogP contribution is -2.31. The van der Waals surface area contributed by atoms with E-state index in [9.17, 15) is 22.8 Å². The molecule has 0 aliphatic rings. The summed E-state index contributed by atoms with van der Waals surface area (Å²) in [7, 11) is 4.25. The topological polar surface area (TPSA) is 95.1 Å². The van der Waals surface area contributed by atoms with E-state index in [2.05, 4.69) is 15.4 Å². The van der Waals surface area contributed by atoms with Crippen molar-refractivity contribution < 1.29 is 41.7 Å². The summed E-state index contributed by atoms with van der Waals surface area (Å²) in [5, 5.41) is 4.86. The third kappa shape index (κ3) is 7.17. The van der Waals surface area contributed by atoms with Crippen LogP contribution < -0.4 is 29.6 Å². The van der Waals surface area contributed by atoms with E-state index >= 15 is 0 Å². The van der Waals surface area contributed by atoms with Gasteiger partial charge in [-0.05, 0) is 48.0 Å². The van der Waals surface area contributed by atoms with Crippen molar-refractivity contribution in [1.82, 2.24) is 5.32 Å². The second-order valence-electron chi connectivity index (χ2n) is 7.33. The van der Waals surface area contributed by atoms with E-state index in [1.807, 2.05) is 0 Å². The van der Waals surface area contributed by atoms with Gasteiger partial charge in [-0.25, -0.2) is 0 Å². The summed E-state index contributed by atoms with van der Waals surface area (Å²) in [5.74, 6) is -1.27. The Bertz CT molecular complexity index is 1270.